The first-order chi connectivity index (χ1) is 12.3. The molecule has 1 fully saturated rings. The molecule has 25 heavy (non-hydrogen) atoms. The Balaban J connectivity index is 1.33. The fraction of sp³-hybridized carbons (Fsp3) is 0.300. The molecule has 5 heteroatoms. The maximum atomic E-state index is 12.5. The largest absolute Gasteiger partial charge is 0.340 e. The van der Waals surface area contributed by atoms with Crippen LogP contribution in [0, 0.1) is 0 Å². The van der Waals surface area contributed by atoms with Gasteiger partial charge in [-0.1, -0.05) is 42.5 Å². The number of nitrogens with zero attached hydrogens (tertiary/aromatic N) is 3. The number of fused-ring (bicyclic) bond motifs is 1. The molecule has 4 nitrogen and oxygen atoms in total. The Bertz CT molecular complexity index is 862. The van der Waals surface area contributed by atoms with Gasteiger partial charge in [0, 0.05) is 18.8 Å². The highest BCUT2D eigenvalue weighted by molar-refractivity contribution is 7.99. The van der Waals surface area contributed by atoms with Crippen molar-refractivity contribution >= 4 is 28.7 Å². The van der Waals surface area contributed by atoms with Crippen molar-refractivity contribution < 1.29 is 4.79 Å². The topological polar surface area (TPSA) is 38.1 Å². The minimum absolute atomic E-state index is 0.243. The second kappa shape index (κ2) is 7.31. The lowest BCUT2D eigenvalue weighted by atomic mass is 10.2. The normalized spacial score (nSPS) is 17.3. The van der Waals surface area contributed by atoms with E-state index in [0.29, 0.717) is 11.8 Å². The van der Waals surface area contributed by atoms with Crippen LogP contribution in [0.5, 0.6) is 0 Å². The number of carbonyl (C=O) groups excluding carboxylic acids is 1. The Hall–Kier alpha value is -2.27. The molecule has 1 aliphatic heterocycles. The van der Waals surface area contributed by atoms with Gasteiger partial charge in [-0.3, -0.25) is 4.79 Å². The molecule has 0 unspecified atom stereocenters. The first kappa shape index (κ1) is 16.2. The molecule has 4 rings (SSSR count). The maximum absolute atomic E-state index is 12.5. The minimum Gasteiger partial charge on any atom is -0.340 e. The van der Waals surface area contributed by atoms with Crippen molar-refractivity contribution in [3.8, 4) is 0 Å². The highest BCUT2D eigenvalue weighted by Gasteiger charge is 2.27. The molecule has 0 bridgehead atoms. The number of likely N-dealkylation sites (tertiary alicyclic amines) is 1. The Kier molecular flexibility index (Phi) is 4.74. The molecule has 1 aromatic heterocycles. The predicted octanol–water partition coefficient (Wildman–Crippen LogP) is 3.74. The summed E-state index contributed by atoms with van der Waals surface area (Å²) in [4.78, 5) is 19.0. The SMILES string of the molecule is O=C(CSCc1ccccc1)N1CC[C@H](n2cnc3ccccc32)C1. The van der Waals surface area contributed by atoms with E-state index in [0.717, 1.165) is 36.3 Å². The summed E-state index contributed by atoms with van der Waals surface area (Å²) in [5, 5.41) is 0. The van der Waals surface area contributed by atoms with Gasteiger partial charge >= 0.3 is 0 Å². The van der Waals surface area contributed by atoms with E-state index >= 15 is 0 Å². The number of amides is 1. The molecule has 128 valence electrons. The smallest absolute Gasteiger partial charge is 0.232 e. The minimum atomic E-state index is 0.243. The third kappa shape index (κ3) is 3.56. The highest BCUT2D eigenvalue weighted by Crippen LogP contribution is 2.26. The van der Waals surface area contributed by atoms with Gasteiger partial charge in [0.15, 0.2) is 0 Å². The molecule has 1 saturated heterocycles. The molecule has 1 aliphatic rings. The highest BCUT2D eigenvalue weighted by atomic mass is 32.2. The molecule has 2 heterocycles. The number of para-hydroxylation sites is 2. The maximum Gasteiger partial charge on any atom is 0.232 e. The van der Waals surface area contributed by atoms with Crippen molar-refractivity contribution in [1.82, 2.24) is 14.5 Å². The Labute approximate surface area is 151 Å². The van der Waals surface area contributed by atoms with Crippen LogP contribution < -0.4 is 0 Å². The van der Waals surface area contributed by atoms with Crippen molar-refractivity contribution in [1.29, 1.82) is 0 Å². The van der Waals surface area contributed by atoms with Crippen molar-refractivity contribution in [3.63, 3.8) is 0 Å². The lowest BCUT2D eigenvalue weighted by Crippen LogP contribution is -2.30. The van der Waals surface area contributed by atoms with Crippen LogP contribution in [-0.2, 0) is 10.5 Å². The lowest BCUT2D eigenvalue weighted by Gasteiger charge is -2.17. The van der Waals surface area contributed by atoms with Gasteiger partial charge in [0.05, 0.1) is 29.2 Å². The molecule has 0 radical (unpaired) electrons. The van der Waals surface area contributed by atoms with E-state index in [1.165, 1.54) is 5.56 Å². The average Bonchev–Trinajstić information content (AvgIpc) is 3.29. The van der Waals surface area contributed by atoms with Gasteiger partial charge < -0.3 is 9.47 Å². The molecule has 0 saturated carbocycles. The molecular weight excluding hydrogens is 330 g/mol. The number of hydrogen-bond acceptors (Lipinski definition) is 3. The average molecular weight is 351 g/mol. The van der Waals surface area contributed by atoms with E-state index in [9.17, 15) is 4.79 Å². The van der Waals surface area contributed by atoms with Gasteiger partial charge in [-0.05, 0) is 24.1 Å². The van der Waals surface area contributed by atoms with Gasteiger partial charge in [0.1, 0.15) is 0 Å². The molecule has 0 aliphatic carbocycles. The summed E-state index contributed by atoms with van der Waals surface area (Å²) in [5.41, 5.74) is 3.44. The Morgan fingerprint density at radius 3 is 2.80 bits per heavy atom. The van der Waals surface area contributed by atoms with Gasteiger partial charge in [0.2, 0.25) is 5.91 Å². The number of carbonyl (C=O) groups is 1. The fourth-order valence-corrected chi connectivity index (χ4v) is 4.27. The summed E-state index contributed by atoms with van der Waals surface area (Å²) >= 11 is 1.69. The first-order valence-electron chi connectivity index (χ1n) is 8.62. The van der Waals surface area contributed by atoms with Crippen LogP contribution in [0.4, 0.5) is 0 Å². The van der Waals surface area contributed by atoms with Crippen molar-refractivity contribution in [2.24, 2.45) is 0 Å². The van der Waals surface area contributed by atoms with E-state index in [1.807, 2.05) is 47.6 Å². The standard InChI is InChI=1S/C20H21N3OS/c24-20(14-25-13-16-6-2-1-3-7-16)22-11-10-17(12-22)23-15-21-18-8-4-5-9-19(18)23/h1-9,15,17H,10-14H2/t17-/m0/s1. The van der Waals surface area contributed by atoms with E-state index in [1.54, 1.807) is 11.8 Å². The van der Waals surface area contributed by atoms with E-state index in [4.69, 9.17) is 0 Å². The number of thioether (sulfide) groups is 1. The molecule has 0 N–H and O–H groups in total. The second-order valence-electron chi connectivity index (χ2n) is 6.40. The molecule has 0 spiro atoms. The van der Waals surface area contributed by atoms with Crippen LogP contribution in [0.2, 0.25) is 0 Å². The number of rotatable bonds is 5. The predicted molar refractivity (Wildman–Crippen MR) is 103 cm³/mol. The molecule has 1 atom stereocenters. The van der Waals surface area contributed by atoms with Crippen LogP contribution in [-0.4, -0.2) is 39.2 Å². The van der Waals surface area contributed by atoms with Gasteiger partial charge in [0.25, 0.3) is 0 Å². The summed E-state index contributed by atoms with van der Waals surface area (Å²) in [5.74, 6) is 1.68. The lowest BCUT2D eigenvalue weighted by molar-refractivity contribution is -0.127. The third-order valence-electron chi connectivity index (χ3n) is 4.73. The summed E-state index contributed by atoms with van der Waals surface area (Å²) in [7, 11) is 0. The van der Waals surface area contributed by atoms with Crippen LogP contribution in [0.25, 0.3) is 11.0 Å². The zero-order valence-electron chi connectivity index (χ0n) is 14.0. The second-order valence-corrected chi connectivity index (χ2v) is 7.39. The molecule has 2 aromatic carbocycles. The number of benzene rings is 2. The van der Waals surface area contributed by atoms with Crippen LogP contribution in [0.3, 0.4) is 0 Å². The molecule has 1 amide bonds. The summed E-state index contributed by atoms with van der Waals surface area (Å²) in [6, 6.07) is 18.8. The Morgan fingerprint density at radius 1 is 1.12 bits per heavy atom. The van der Waals surface area contributed by atoms with Crippen LogP contribution in [0.15, 0.2) is 60.9 Å². The van der Waals surface area contributed by atoms with E-state index in [-0.39, 0.29) is 5.91 Å². The zero-order valence-corrected chi connectivity index (χ0v) is 14.9. The van der Waals surface area contributed by atoms with Crippen molar-refractivity contribution in [2.45, 2.75) is 18.2 Å². The van der Waals surface area contributed by atoms with Crippen LogP contribution >= 0.6 is 11.8 Å². The number of hydrogen-bond donors (Lipinski definition) is 0. The summed E-state index contributed by atoms with van der Waals surface area (Å²) < 4.78 is 2.22. The number of imidazole rings is 1. The molecular formula is C20H21N3OS. The molecule has 3 aromatic rings. The third-order valence-corrected chi connectivity index (χ3v) is 5.72. The van der Waals surface area contributed by atoms with E-state index in [2.05, 4.69) is 27.8 Å². The van der Waals surface area contributed by atoms with Gasteiger partial charge in [-0.25, -0.2) is 4.98 Å². The quantitative estimate of drug-likeness (QED) is 0.703. The van der Waals surface area contributed by atoms with Crippen molar-refractivity contribution in [2.75, 3.05) is 18.8 Å². The van der Waals surface area contributed by atoms with Crippen molar-refractivity contribution in [3.05, 3.63) is 66.5 Å². The van der Waals surface area contributed by atoms with Gasteiger partial charge in [-0.15, -0.1) is 11.8 Å². The zero-order chi connectivity index (χ0) is 17.1. The summed E-state index contributed by atoms with van der Waals surface area (Å²) in [6.07, 6.45) is 2.91. The Morgan fingerprint density at radius 2 is 1.92 bits per heavy atom. The first-order valence-corrected chi connectivity index (χ1v) is 9.78. The monoisotopic (exact) mass is 351 g/mol. The van der Waals surface area contributed by atoms with Crippen LogP contribution in [0.1, 0.15) is 18.0 Å². The summed E-state index contributed by atoms with van der Waals surface area (Å²) in [6.45, 7) is 1.62. The van der Waals surface area contributed by atoms with E-state index < -0.39 is 0 Å². The van der Waals surface area contributed by atoms with Gasteiger partial charge in [-0.2, -0.15) is 0 Å². The fourth-order valence-electron chi connectivity index (χ4n) is 3.39. The number of aromatic nitrogens is 2.